The molecule has 5 nitrogen and oxygen atoms in total. The number of hydrogen-bond donors (Lipinski definition) is 3. The predicted molar refractivity (Wildman–Crippen MR) is 75.2 cm³/mol. The maximum Gasteiger partial charge on any atom is 0.451 e. The number of halogens is 3. The van der Waals surface area contributed by atoms with E-state index in [4.69, 9.17) is 5.11 Å². The van der Waals surface area contributed by atoms with E-state index in [-0.39, 0.29) is 24.2 Å². The van der Waals surface area contributed by atoms with Gasteiger partial charge in [-0.05, 0) is 25.7 Å². The summed E-state index contributed by atoms with van der Waals surface area (Å²) in [6, 6.07) is 1.45. The van der Waals surface area contributed by atoms with Crippen molar-refractivity contribution >= 4 is 11.6 Å². The minimum absolute atomic E-state index is 0.107. The van der Waals surface area contributed by atoms with Crippen LogP contribution in [-0.4, -0.2) is 34.8 Å². The largest absolute Gasteiger partial charge is 0.451 e. The Bertz CT molecular complexity index is 440. The average Bonchev–Trinajstić information content (AvgIpc) is 2.42. The van der Waals surface area contributed by atoms with Gasteiger partial charge in [0.1, 0.15) is 11.6 Å². The zero-order valence-electron chi connectivity index (χ0n) is 12.2. The highest BCUT2D eigenvalue weighted by Gasteiger charge is 2.35. The number of aliphatic hydroxyl groups excluding tert-OH is 1. The molecule has 1 unspecified atom stereocenters. The van der Waals surface area contributed by atoms with Crippen LogP contribution >= 0.6 is 0 Å². The molecule has 0 aliphatic rings. The van der Waals surface area contributed by atoms with Crippen molar-refractivity contribution in [3.05, 3.63) is 11.9 Å². The van der Waals surface area contributed by atoms with Crippen LogP contribution in [0.2, 0.25) is 0 Å². The van der Waals surface area contributed by atoms with Gasteiger partial charge in [0.25, 0.3) is 0 Å². The lowest BCUT2D eigenvalue weighted by molar-refractivity contribution is -0.144. The van der Waals surface area contributed by atoms with Crippen LogP contribution < -0.4 is 10.6 Å². The topological polar surface area (TPSA) is 70.1 Å². The van der Waals surface area contributed by atoms with Crippen molar-refractivity contribution in [2.75, 3.05) is 30.3 Å². The van der Waals surface area contributed by atoms with Crippen LogP contribution in [0, 0.1) is 5.92 Å². The molecule has 120 valence electrons. The van der Waals surface area contributed by atoms with Gasteiger partial charge in [-0.15, -0.1) is 0 Å². The molecule has 0 fully saturated rings. The molecule has 1 aromatic heterocycles. The van der Waals surface area contributed by atoms with Crippen molar-refractivity contribution < 1.29 is 18.3 Å². The number of aromatic nitrogens is 2. The van der Waals surface area contributed by atoms with Crippen molar-refractivity contribution in [2.45, 2.75) is 32.9 Å². The summed E-state index contributed by atoms with van der Waals surface area (Å²) < 4.78 is 38.2. The molecule has 0 bridgehead atoms. The number of hydrogen-bond acceptors (Lipinski definition) is 5. The van der Waals surface area contributed by atoms with Crippen molar-refractivity contribution in [3.8, 4) is 0 Å². The van der Waals surface area contributed by atoms with E-state index in [0.29, 0.717) is 13.1 Å². The number of alkyl halides is 3. The third-order valence-electron chi connectivity index (χ3n) is 2.83. The fourth-order valence-corrected chi connectivity index (χ4v) is 1.69. The zero-order valence-corrected chi connectivity index (χ0v) is 12.2. The monoisotopic (exact) mass is 306 g/mol. The smallest absolute Gasteiger partial charge is 0.396 e. The standard InChI is InChI=1S/C13H21F3N4O/c1-3-17-10-7-11(18-6-4-5-9(2)8-21)20-12(19-10)13(14,15)16/h7,9,21H,3-6,8H2,1-2H3,(H2,17,18,19,20). The van der Waals surface area contributed by atoms with Crippen LogP contribution in [0.25, 0.3) is 0 Å². The molecule has 1 atom stereocenters. The maximum absolute atomic E-state index is 12.7. The van der Waals surface area contributed by atoms with Crippen LogP contribution in [0.5, 0.6) is 0 Å². The Kier molecular flexibility index (Phi) is 6.67. The molecule has 0 saturated carbocycles. The molecule has 0 spiro atoms. The first-order valence-electron chi connectivity index (χ1n) is 6.91. The van der Waals surface area contributed by atoms with Gasteiger partial charge in [0.15, 0.2) is 0 Å². The van der Waals surface area contributed by atoms with Gasteiger partial charge in [0.2, 0.25) is 5.82 Å². The van der Waals surface area contributed by atoms with Crippen molar-refractivity contribution in [2.24, 2.45) is 5.92 Å². The van der Waals surface area contributed by atoms with Gasteiger partial charge >= 0.3 is 6.18 Å². The second kappa shape index (κ2) is 8.02. The van der Waals surface area contributed by atoms with Crippen LogP contribution in [0.4, 0.5) is 24.8 Å². The predicted octanol–water partition coefficient (Wildman–Crippen LogP) is 2.75. The zero-order chi connectivity index (χ0) is 15.9. The summed E-state index contributed by atoms with van der Waals surface area (Å²) in [5.41, 5.74) is 0. The fourth-order valence-electron chi connectivity index (χ4n) is 1.69. The van der Waals surface area contributed by atoms with E-state index in [2.05, 4.69) is 20.6 Å². The Hall–Kier alpha value is -1.57. The second-order valence-corrected chi connectivity index (χ2v) is 4.85. The van der Waals surface area contributed by atoms with E-state index >= 15 is 0 Å². The molecule has 3 N–H and O–H groups in total. The first-order chi connectivity index (χ1) is 9.86. The van der Waals surface area contributed by atoms with E-state index in [9.17, 15) is 13.2 Å². The SMILES string of the molecule is CCNc1cc(NCCCC(C)CO)nc(C(F)(F)F)n1. The fraction of sp³-hybridized carbons (Fsp3) is 0.692. The Balaban J connectivity index is 2.70. The van der Waals surface area contributed by atoms with Gasteiger partial charge in [-0.1, -0.05) is 6.92 Å². The van der Waals surface area contributed by atoms with Gasteiger partial charge in [-0.2, -0.15) is 13.2 Å². The lowest BCUT2D eigenvalue weighted by Crippen LogP contribution is -2.16. The number of nitrogens with one attached hydrogen (secondary N) is 2. The average molecular weight is 306 g/mol. The molecule has 1 heterocycles. The molecular weight excluding hydrogens is 285 g/mol. The summed E-state index contributed by atoms with van der Waals surface area (Å²) in [6.07, 6.45) is -3.04. The van der Waals surface area contributed by atoms with Gasteiger partial charge in [-0.25, -0.2) is 9.97 Å². The highest BCUT2D eigenvalue weighted by molar-refractivity contribution is 5.47. The Morgan fingerprint density at radius 3 is 2.38 bits per heavy atom. The minimum Gasteiger partial charge on any atom is -0.396 e. The molecular formula is C13H21F3N4O. The molecule has 21 heavy (non-hydrogen) atoms. The number of nitrogens with zero attached hydrogens (tertiary/aromatic N) is 2. The third kappa shape index (κ3) is 6.16. The lowest BCUT2D eigenvalue weighted by atomic mass is 10.1. The van der Waals surface area contributed by atoms with Gasteiger partial charge in [-0.3, -0.25) is 0 Å². The van der Waals surface area contributed by atoms with Gasteiger partial charge < -0.3 is 15.7 Å². The highest BCUT2D eigenvalue weighted by Crippen LogP contribution is 2.28. The number of aliphatic hydroxyl groups is 1. The molecule has 0 radical (unpaired) electrons. The van der Waals surface area contributed by atoms with E-state index in [1.54, 1.807) is 6.92 Å². The van der Waals surface area contributed by atoms with Crippen molar-refractivity contribution in [1.82, 2.24) is 9.97 Å². The van der Waals surface area contributed by atoms with E-state index in [1.807, 2.05) is 6.92 Å². The molecule has 0 amide bonds. The van der Waals surface area contributed by atoms with E-state index < -0.39 is 12.0 Å². The summed E-state index contributed by atoms with van der Waals surface area (Å²) in [7, 11) is 0. The van der Waals surface area contributed by atoms with Gasteiger partial charge in [0, 0.05) is 25.8 Å². The molecule has 8 heteroatoms. The Morgan fingerprint density at radius 2 is 1.86 bits per heavy atom. The summed E-state index contributed by atoms with van der Waals surface area (Å²) >= 11 is 0. The maximum atomic E-state index is 12.7. The summed E-state index contributed by atoms with van der Waals surface area (Å²) in [6.45, 7) is 4.76. The van der Waals surface area contributed by atoms with E-state index in [0.717, 1.165) is 12.8 Å². The lowest BCUT2D eigenvalue weighted by Gasteiger charge is -2.12. The second-order valence-electron chi connectivity index (χ2n) is 4.85. The number of rotatable bonds is 8. The molecule has 1 rings (SSSR count). The highest BCUT2D eigenvalue weighted by atomic mass is 19.4. The quantitative estimate of drug-likeness (QED) is 0.644. The van der Waals surface area contributed by atoms with Gasteiger partial charge in [0.05, 0.1) is 0 Å². The van der Waals surface area contributed by atoms with Crippen LogP contribution in [0.1, 0.15) is 32.5 Å². The Morgan fingerprint density at radius 1 is 1.24 bits per heavy atom. The van der Waals surface area contributed by atoms with Crippen LogP contribution in [-0.2, 0) is 6.18 Å². The molecule has 1 aromatic rings. The van der Waals surface area contributed by atoms with E-state index in [1.165, 1.54) is 6.07 Å². The molecule has 0 aliphatic heterocycles. The van der Waals surface area contributed by atoms with Crippen LogP contribution in [0.15, 0.2) is 6.07 Å². The third-order valence-corrected chi connectivity index (χ3v) is 2.83. The minimum atomic E-state index is -4.58. The first-order valence-corrected chi connectivity index (χ1v) is 6.91. The van der Waals surface area contributed by atoms with Crippen LogP contribution in [0.3, 0.4) is 0 Å². The normalized spacial score (nSPS) is 13.0. The van der Waals surface area contributed by atoms with Crippen molar-refractivity contribution in [1.29, 1.82) is 0 Å². The molecule has 0 saturated heterocycles. The summed E-state index contributed by atoms with van der Waals surface area (Å²) in [5, 5.41) is 14.5. The first kappa shape index (κ1) is 17.5. The summed E-state index contributed by atoms with van der Waals surface area (Å²) in [4.78, 5) is 6.93. The Labute approximate surface area is 122 Å². The molecule has 0 aliphatic carbocycles. The number of anilines is 2. The molecule has 0 aromatic carbocycles. The van der Waals surface area contributed by atoms with Crippen molar-refractivity contribution in [3.63, 3.8) is 0 Å². The summed E-state index contributed by atoms with van der Waals surface area (Å²) in [5.74, 6) is -0.691.